The van der Waals surface area contributed by atoms with Gasteiger partial charge in [-0.1, -0.05) is 42.3 Å². The third-order valence-electron chi connectivity index (χ3n) is 2.85. The Morgan fingerprint density at radius 1 is 0.882 bits per heavy atom. The molecule has 0 amide bonds. The molecule has 0 aliphatic carbocycles. The summed E-state index contributed by atoms with van der Waals surface area (Å²) in [6.45, 7) is 0. The Balaban J connectivity index is 2.32. The molecule has 3 rings (SSSR count). The predicted octanol–water partition coefficient (Wildman–Crippen LogP) is 4.08. The lowest BCUT2D eigenvalue weighted by molar-refractivity contribution is 0.617. The first-order valence-electron chi connectivity index (χ1n) is 5.42. The lowest BCUT2D eigenvalue weighted by atomic mass is 10.00. The average molecular weight is 218 g/mol. The second kappa shape index (κ2) is 3.84. The summed E-state index contributed by atoms with van der Waals surface area (Å²) >= 11 is 0. The van der Waals surface area contributed by atoms with Crippen LogP contribution in [0, 0.1) is 12.3 Å². The fraction of sp³-hybridized carbons (Fsp3) is 0. The zero-order valence-corrected chi connectivity index (χ0v) is 9.18. The zero-order chi connectivity index (χ0) is 11.7. The average Bonchev–Trinajstić information content (AvgIpc) is 2.82. The van der Waals surface area contributed by atoms with Crippen molar-refractivity contribution in [1.29, 1.82) is 0 Å². The molecule has 0 saturated carbocycles. The van der Waals surface area contributed by atoms with E-state index in [4.69, 9.17) is 10.8 Å². The monoisotopic (exact) mass is 218 g/mol. The minimum absolute atomic E-state index is 0.884. The van der Waals surface area contributed by atoms with Crippen LogP contribution in [0.4, 0.5) is 0 Å². The van der Waals surface area contributed by atoms with Crippen LogP contribution in [-0.2, 0) is 0 Å². The first-order chi connectivity index (χ1) is 8.40. The Morgan fingerprint density at radius 2 is 1.65 bits per heavy atom. The van der Waals surface area contributed by atoms with Crippen molar-refractivity contribution in [3.05, 3.63) is 60.4 Å². The van der Waals surface area contributed by atoms with Crippen molar-refractivity contribution in [2.24, 2.45) is 0 Å². The lowest BCUT2D eigenvalue weighted by Crippen LogP contribution is -1.81. The molecular weight excluding hydrogens is 208 g/mol. The molecule has 0 aliphatic heterocycles. The zero-order valence-electron chi connectivity index (χ0n) is 9.18. The first kappa shape index (κ1) is 9.74. The van der Waals surface area contributed by atoms with E-state index < -0.39 is 0 Å². The Labute approximate surface area is 99.7 Å². The Morgan fingerprint density at radius 3 is 2.53 bits per heavy atom. The molecule has 1 aromatic heterocycles. The van der Waals surface area contributed by atoms with E-state index in [0.717, 1.165) is 27.7 Å². The first-order valence-corrected chi connectivity index (χ1v) is 5.42. The van der Waals surface area contributed by atoms with Gasteiger partial charge in [-0.3, -0.25) is 0 Å². The van der Waals surface area contributed by atoms with Gasteiger partial charge >= 0.3 is 0 Å². The smallest absolute Gasteiger partial charge is 0.134 e. The fourth-order valence-corrected chi connectivity index (χ4v) is 2.03. The highest BCUT2D eigenvalue weighted by Crippen LogP contribution is 2.32. The molecule has 2 aromatic carbocycles. The largest absolute Gasteiger partial charge is 0.464 e. The predicted molar refractivity (Wildman–Crippen MR) is 69.6 cm³/mol. The summed E-state index contributed by atoms with van der Waals surface area (Å²) in [5.74, 6) is 2.71. The van der Waals surface area contributed by atoms with Crippen molar-refractivity contribution in [3.8, 4) is 23.5 Å². The van der Waals surface area contributed by atoms with E-state index in [0.29, 0.717) is 0 Å². The highest BCUT2D eigenvalue weighted by molar-refractivity contribution is 5.95. The number of para-hydroxylation sites is 1. The quantitative estimate of drug-likeness (QED) is 0.561. The van der Waals surface area contributed by atoms with Crippen LogP contribution >= 0.6 is 0 Å². The highest BCUT2D eigenvalue weighted by atomic mass is 16.3. The fourth-order valence-electron chi connectivity index (χ4n) is 2.03. The van der Waals surface area contributed by atoms with Crippen LogP contribution in [0.15, 0.2) is 59.2 Å². The maximum atomic E-state index is 5.53. The van der Waals surface area contributed by atoms with Gasteiger partial charge in [-0.2, -0.15) is 0 Å². The number of hydrogen-bond acceptors (Lipinski definition) is 1. The summed E-state index contributed by atoms with van der Waals surface area (Å²) in [5.41, 5.74) is 3.86. The van der Waals surface area contributed by atoms with Crippen molar-refractivity contribution < 1.29 is 4.42 Å². The molecule has 17 heavy (non-hydrogen) atoms. The summed E-state index contributed by atoms with van der Waals surface area (Å²) in [6, 6.07) is 15.9. The van der Waals surface area contributed by atoms with Crippen molar-refractivity contribution >= 4 is 11.0 Å². The molecule has 0 bridgehead atoms. The molecule has 0 N–H and O–H groups in total. The standard InChI is InChI=1S/C16H10O/c1-2-12-7-3-4-8-13(12)15-11-17-16-10-6-5-9-14(15)16/h1,3-11H. The highest BCUT2D eigenvalue weighted by Gasteiger charge is 2.09. The molecule has 0 radical (unpaired) electrons. The van der Waals surface area contributed by atoms with E-state index in [1.165, 1.54) is 0 Å². The van der Waals surface area contributed by atoms with E-state index in [1.807, 2.05) is 48.5 Å². The van der Waals surface area contributed by atoms with Gasteiger partial charge in [-0.15, -0.1) is 6.42 Å². The maximum absolute atomic E-state index is 5.53. The van der Waals surface area contributed by atoms with Gasteiger partial charge in [-0.25, -0.2) is 0 Å². The normalized spacial score (nSPS) is 10.3. The molecule has 0 fully saturated rings. The van der Waals surface area contributed by atoms with E-state index >= 15 is 0 Å². The number of rotatable bonds is 1. The van der Waals surface area contributed by atoms with Crippen LogP contribution in [0.5, 0.6) is 0 Å². The van der Waals surface area contributed by atoms with Crippen molar-refractivity contribution in [3.63, 3.8) is 0 Å². The minimum Gasteiger partial charge on any atom is -0.464 e. The molecule has 3 aromatic rings. The van der Waals surface area contributed by atoms with Gasteiger partial charge in [0.25, 0.3) is 0 Å². The number of furan rings is 1. The van der Waals surface area contributed by atoms with Gasteiger partial charge in [-0.05, 0) is 12.1 Å². The molecule has 80 valence electrons. The second-order valence-corrected chi connectivity index (χ2v) is 3.84. The molecule has 0 atom stereocenters. The Kier molecular flexibility index (Phi) is 2.20. The van der Waals surface area contributed by atoms with E-state index in [2.05, 4.69) is 5.92 Å². The van der Waals surface area contributed by atoms with Gasteiger partial charge in [0.15, 0.2) is 0 Å². The summed E-state index contributed by atoms with van der Waals surface area (Å²) < 4.78 is 5.53. The third kappa shape index (κ3) is 1.51. The molecule has 0 spiro atoms. The van der Waals surface area contributed by atoms with Gasteiger partial charge in [0.05, 0.1) is 6.26 Å². The van der Waals surface area contributed by atoms with Gasteiger partial charge in [0.1, 0.15) is 5.58 Å². The topological polar surface area (TPSA) is 13.1 Å². The molecule has 0 unspecified atom stereocenters. The number of terminal acetylenes is 1. The van der Waals surface area contributed by atoms with Crippen LogP contribution in [0.1, 0.15) is 5.56 Å². The summed E-state index contributed by atoms with van der Waals surface area (Å²) in [5, 5.41) is 1.09. The summed E-state index contributed by atoms with van der Waals surface area (Å²) in [6.07, 6.45) is 7.28. The molecular formula is C16H10O. The van der Waals surface area contributed by atoms with E-state index in [9.17, 15) is 0 Å². The van der Waals surface area contributed by atoms with E-state index in [-0.39, 0.29) is 0 Å². The van der Waals surface area contributed by atoms with Crippen LogP contribution in [0.3, 0.4) is 0 Å². The van der Waals surface area contributed by atoms with Crippen LogP contribution in [0.25, 0.3) is 22.1 Å². The maximum Gasteiger partial charge on any atom is 0.134 e. The molecule has 1 heterocycles. The van der Waals surface area contributed by atoms with Gasteiger partial charge in [0.2, 0.25) is 0 Å². The Bertz CT molecular complexity index is 713. The minimum atomic E-state index is 0.884. The van der Waals surface area contributed by atoms with E-state index in [1.54, 1.807) is 6.26 Å². The third-order valence-corrected chi connectivity index (χ3v) is 2.85. The van der Waals surface area contributed by atoms with Crippen LogP contribution in [-0.4, -0.2) is 0 Å². The number of fused-ring (bicyclic) bond motifs is 1. The SMILES string of the molecule is C#Cc1ccccc1-c1coc2ccccc12. The summed E-state index contributed by atoms with van der Waals surface area (Å²) in [4.78, 5) is 0. The van der Waals surface area contributed by atoms with Crippen molar-refractivity contribution in [2.75, 3.05) is 0 Å². The second-order valence-electron chi connectivity index (χ2n) is 3.84. The Hall–Kier alpha value is -2.46. The van der Waals surface area contributed by atoms with Gasteiger partial charge in [0, 0.05) is 22.1 Å². The molecule has 0 aliphatic rings. The number of hydrogen-bond donors (Lipinski definition) is 0. The van der Waals surface area contributed by atoms with Crippen molar-refractivity contribution in [2.45, 2.75) is 0 Å². The summed E-state index contributed by atoms with van der Waals surface area (Å²) in [7, 11) is 0. The lowest BCUT2D eigenvalue weighted by Gasteiger charge is -2.01. The molecule has 1 heteroatoms. The van der Waals surface area contributed by atoms with Gasteiger partial charge < -0.3 is 4.42 Å². The van der Waals surface area contributed by atoms with Crippen molar-refractivity contribution in [1.82, 2.24) is 0 Å². The molecule has 0 saturated heterocycles. The van der Waals surface area contributed by atoms with Crippen LogP contribution in [0.2, 0.25) is 0 Å². The molecule has 1 nitrogen and oxygen atoms in total. The number of benzene rings is 2. The van der Waals surface area contributed by atoms with Crippen LogP contribution < -0.4 is 0 Å².